The van der Waals surface area contributed by atoms with E-state index >= 15 is 0 Å². The summed E-state index contributed by atoms with van der Waals surface area (Å²) < 4.78 is 12.9. The van der Waals surface area contributed by atoms with Crippen LogP contribution in [0.25, 0.3) is 0 Å². The minimum atomic E-state index is -0.410. The lowest BCUT2D eigenvalue weighted by atomic mass is 10.1. The second-order valence-electron chi connectivity index (χ2n) is 5.74. The number of rotatable bonds is 1. The lowest BCUT2D eigenvalue weighted by Crippen LogP contribution is -2.49. The number of carbonyl (C=O) groups is 2. The molecule has 108 valence electrons. The molecule has 0 unspecified atom stereocenters. The zero-order chi connectivity index (χ0) is 14.9. The van der Waals surface area contributed by atoms with Gasteiger partial charge in [0.1, 0.15) is 5.82 Å². The van der Waals surface area contributed by atoms with Crippen molar-refractivity contribution in [3.63, 3.8) is 0 Å². The van der Waals surface area contributed by atoms with Crippen LogP contribution in [0.5, 0.6) is 0 Å². The van der Waals surface area contributed by atoms with E-state index in [1.54, 1.807) is 0 Å². The maximum Gasteiger partial charge on any atom is 0.332 e. The fourth-order valence-electron chi connectivity index (χ4n) is 1.97. The second kappa shape index (κ2) is 5.11. The highest BCUT2D eigenvalue weighted by atomic mass is 19.1. The first-order chi connectivity index (χ1) is 9.28. The molecule has 1 fully saturated rings. The Bertz CT molecular complexity index is 522. The second-order valence-corrected chi connectivity index (χ2v) is 5.74. The van der Waals surface area contributed by atoms with Crippen molar-refractivity contribution in [3.05, 3.63) is 30.1 Å². The highest BCUT2D eigenvalue weighted by Gasteiger charge is 2.35. The monoisotopic (exact) mass is 279 g/mol. The van der Waals surface area contributed by atoms with Crippen molar-refractivity contribution in [1.82, 2.24) is 10.2 Å². The molecule has 1 aromatic carbocycles. The summed E-state index contributed by atoms with van der Waals surface area (Å²) in [6.45, 7) is 6.27. The molecule has 0 aromatic heterocycles. The van der Waals surface area contributed by atoms with E-state index in [1.807, 2.05) is 20.8 Å². The first-order valence-electron chi connectivity index (χ1n) is 6.45. The van der Waals surface area contributed by atoms with Gasteiger partial charge in [0, 0.05) is 17.8 Å². The molecule has 6 heteroatoms. The molecule has 1 aromatic rings. The number of nitrogens with one attached hydrogen (secondary N) is 1. The van der Waals surface area contributed by atoms with Gasteiger partial charge >= 0.3 is 12.1 Å². The van der Waals surface area contributed by atoms with Crippen molar-refractivity contribution < 1.29 is 14.0 Å². The number of hydrogen-bond donors (Lipinski definition) is 1. The maximum atomic E-state index is 12.9. The summed E-state index contributed by atoms with van der Waals surface area (Å²) >= 11 is 0. The number of halogens is 1. The number of imide groups is 1. The quantitative estimate of drug-likeness (QED) is 0.859. The van der Waals surface area contributed by atoms with Gasteiger partial charge in [0.05, 0.1) is 6.54 Å². The molecule has 0 aliphatic carbocycles. The number of urea groups is 2. The largest absolute Gasteiger partial charge is 0.333 e. The van der Waals surface area contributed by atoms with Gasteiger partial charge in [0.25, 0.3) is 0 Å². The van der Waals surface area contributed by atoms with E-state index in [0.29, 0.717) is 18.8 Å². The van der Waals surface area contributed by atoms with E-state index in [1.165, 1.54) is 29.2 Å². The van der Waals surface area contributed by atoms with Gasteiger partial charge in [0.2, 0.25) is 0 Å². The molecular formula is C14H18FN3O2. The molecular weight excluding hydrogens is 261 g/mol. The van der Waals surface area contributed by atoms with Gasteiger partial charge in [-0.3, -0.25) is 4.90 Å². The van der Waals surface area contributed by atoms with Crippen molar-refractivity contribution in [2.75, 3.05) is 18.0 Å². The highest BCUT2D eigenvalue weighted by Crippen LogP contribution is 2.21. The Morgan fingerprint density at radius 3 is 2.35 bits per heavy atom. The van der Waals surface area contributed by atoms with E-state index < -0.39 is 17.6 Å². The molecule has 0 spiro atoms. The Labute approximate surface area is 117 Å². The number of benzene rings is 1. The summed E-state index contributed by atoms with van der Waals surface area (Å²) in [5.74, 6) is -0.359. The summed E-state index contributed by atoms with van der Waals surface area (Å²) in [5, 5.41) is 2.75. The molecule has 0 atom stereocenters. The van der Waals surface area contributed by atoms with Crippen LogP contribution in [0.1, 0.15) is 20.8 Å². The van der Waals surface area contributed by atoms with Crippen molar-refractivity contribution in [3.8, 4) is 0 Å². The van der Waals surface area contributed by atoms with Crippen LogP contribution in [0.3, 0.4) is 0 Å². The van der Waals surface area contributed by atoms with Crippen molar-refractivity contribution in [1.29, 1.82) is 0 Å². The van der Waals surface area contributed by atoms with Crippen LogP contribution in [0.15, 0.2) is 24.3 Å². The van der Waals surface area contributed by atoms with Crippen LogP contribution in [-0.4, -0.2) is 35.6 Å². The molecule has 4 amide bonds. The van der Waals surface area contributed by atoms with Crippen LogP contribution < -0.4 is 10.2 Å². The average molecular weight is 279 g/mol. The smallest absolute Gasteiger partial charge is 0.332 e. The number of anilines is 1. The van der Waals surface area contributed by atoms with Crippen LogP contribution in [0.4, 0.5) is 19.7 Å². The van der Waals surface area contributed by atoms with Crippen molar-refractivity contribution in [2.45, 2.75) is 26.3 Å². The first kappa shape index (κ1) is 14.3. The van der Waals surface area contributed by atoms with Crippen LogP contribution in [-0.2, 0) is 0 Å². The minimum absolute atomic E-state index is 0.318. The molecule has 20 heavy (non-hydrogen) atoms. The fourth-order valence-corrected chi connectivity index (χ4v) is 1.97. The summed E-state index contributed by atoms with van der Waals surface area (Å²) in [6.07, 6.45) is 0. The Kier molecular flexibility index (Phi) is 3.65. The number of amides is 4. The van der Waals surface area contributed by atoms with Gasteiger partial charge < -0.3 is 5.32 Å². The van der Waals surface area contributed by atoms with Crippen LogP contribution in [0, 0.1) is 5.82 Å². The zero-order valence-electron chi connectivity index (χ0n) is 11.8. The standard InChI is InChI=1S/C14H18FN3O2/c1-14(2,3)16-12(19)18-9-8-17(13(18)20)11-6-4-10(15)5-7-11/h4-7H,8-9H2,1-3H3,(H,16,19). The van der Waals surface area contributed by atoms with Crippen molar-refractivity contribution >= 4 is 17.7 Å². The fraction of sp³-hybridized carbons (Fsp3) is 0.429. The molecule has 1 saturated heterocycles. The molecule has 0 saturated carbocycles. The van der Waals surface area contributed by atoms with E-state index in [2.05, 4.69) is 5.32 Å². The third-order valence-corrected chi connectivity index (χ3v) is 2.87. The van der Waals surface area contributed by atoms with Gasteiger partial charge in [0.15, 0.2) is 0 Å². The summed E-state index contributed by atoms with van der Waals surface area (Å²) in [5.41, 5.74) is 0.183. The lowest BCUT2D eigenvalue weighted by molar-refractivity contribution is 0.194. The molecule has 1 aliphatic rings. The molecule has 0 radical (unpaired) electrons. The minimum Gasteiger partial charge on any atom is -0.333 e. The molecule has 1 heterocycles. The van der Waals surface area contributed by atoms with E-state index in [4.69, 9.17) is 0 Å². The predicted octanol–water partition coefficient (Wildman–Crippen LogP) is 2.58. The van der Waals surface area contributed by atoms with Gasteiger partial charge in [-0.1, -0.05) is 0 Å². The number of nitrogens with zero attached hydrogens (tertiary/aromatic N) is 2. The third-order valence-electron chi connectivity index (χ3n) is 2.87. The summed E-state index contributed by atoms with van der Waals surface area (Å²) in [4.78, 5) is 26.8. The molecule has 1 N–H and O–H groups in total. The Morgan fingerprint density at radius 2 is 1.80 bits per heavy atom. The van der Waals surface area contributed by atoms with Gasteiger partial charge in [-0.25, -0.2) is 18.9 Å². The van der Waals surface area contributed by atoms with Gasteiger partial charge in [-0.15, -0.1) is 0 Å². The Morgan fingerprint density at radius 1 is 1.20 bits per heavy atom. The Balaban J connectivity index is 2.09. The number of carbonyl (C=O) groups excluding carboxylic acids is 2. The maximum absolute atomic E-state index is 12.9. The SMILES string of the molecule is CC(C)(C)NC(=O)N1CCN(c2ccc(F)cc2)C1=O. The molecule has 0 bridgehead atoms. The van der Waals surface area contributed by atoms with Gasteiger partial charge in [-0.05, 0) is 45.0 Å². The number of hydrogen-bond acceptors (Lipinski definition) is 2. The summed E-state index contributed by atoms with van der Waals surface area (Å²) in [6, 6.07) is 4.84. The van der Waals surface area contributed by atoms with E-state index in [0.717, 1.165) is 4.90 Å². The molecule has 2 rings (SSSR count). The van der Waals surface area contributed by atoms with Gasteiger partial charge in [-0.2, -0.15) is 0 Å². The van der Waals surface area contributed by atoms with Crippen molar-refractivity contribution in [2.24, 2.45) is 0 Å². The predicted molar refractivity (Wildman–Crippen MR) is 74.1 cm³/mol. The summed E-state index contributed by atoms with van der Waals surface area (Å²) in [7, 11) is 0. The highest BCUT2D eigenvalue weighted by molar-refractivity contribution is 6.04. The van der Waals surface area contributed by atoms with Crippen LogP contribution >= 0.6 is 0 Å². The Hall–Kier alpha value is -2.11. The lowest BCUT2D eigenvalue weighted by Gasteiger charge is -2.24. The topological polar surface area (TPSA) is 52.7 Å². The van der Waals surface area contributed by atoms with E-state index in [-0.39, 0.29) is 5.82 Å². The third kappa shape index (κ3) is 3.07. The average Bonchev–Trinajstić information content (AvgIpc) is 2.70. The molecule has 1 aliphatic heterocycles. The zero-order valence-corrected chi connectivity index (χ0v) is 11.8. The first-order valence-corrected chi connectivity index (χ1v) is 6.45. The molecule has 5 nitrogen and oxygen atoms in total. The van der Waals surface area contributed by atoms with E-state index in [9.17, 15) is 14.0 Å². The van der Waals surface area contributed by atoms with Crippen LogP contribution in [0.2, 0.25) is 0 Å². The normalized spacial score (nSPS) is 15.7.